The van der Waals surface area contributed by atoms with Gasteiger partial charge in [0.05, 0.1) is 11.0 Å². The zero-order valence-electron chi connectivity index (χ0n) is 12.3. The van der Waals surface area contributed by atoms with Gasteiger partial charge < -0.3 is 4.98 Å². The second-order valence-electron chi connectivity index (χ2n) is 5.47. The number of aromatic amines is 1. The molecule has 0 amide bonds. The van der Waals surface area contributed by atoms with Gasteiger partial charge in [-0.3, -0.25) is 0 Å². The largest absolute Gasteiger partial charge is 0.342 e. The molecule has 0 bridgehead atoms. The lowest BCUT2D eigenvalue weighted by molar-refractivity contribution is 0.505. The van der Waals surface area contributed by atoms with E-state index in [1.165, 1.54) is 56.3 Å². The maximum Gasteiger partial charge on any atom is 0.110 e. The molecule has 0 saturated heterocycles. The summed E-state index contributed by atoms with van der Waals surface area (Å²) >= 11 is 0. The second-order valence-corrected chi connectivity index (χ2v) is 5.47. The summed E-state index contributed by atoms with van der Waals surface area (Å²) in [6, 6.07) is 8.34. The lowest BCUT2D eigenvalue weighted by Gasteiger charge is -2.13. The molecule has 1 heterocycles. The van der Waals surface area contributed by atoms with Crippen LogP contribution in [-0.2, 0) is 0 Å². The maximum atomic E-state index is 4.78. The van der Waals surface area contributed by atoms with Crippen LogP contribution in [-0.4, -0.2) is 9.97 Å². The quantitative estimate of drug-likeness (QED) is 0.629. The summed E-state index contributed by atoms with van der Waals surface area (Å²) in [4.78, 5) is 8.29. The van der Waals surface area contributed by atoms with Crippen LogP contribution < -0.4 is 0 Å². The van der Waals surface area contributed by atoms with Crippen molar-refractivity contribution in [3.8, 4) is 0 Å². The predicted octanol–water partition coefficient (Wildman–Crippen LogP) is 5.42. The Hall–Kier alpha value is -1.31. The molecule has 1 unspecified atom stereocenters. The molecular formula is C17H26N2. The third-order valence-corrected chi connectivity index (χ3v) is 3.84. The van der Waals surface area contributed by atoms with E-state index in [1.807, 2.05) is 0 Å². The molecule has 1 atom stereocenters. The third kappa shape index (κ3) is 3.82. The third-order valence-electron chi connectivity index (χ3n) is 3.84. The van der Waals surface area contributed by atoms with Crippen LogP contribution in [0.2, 0.25) is 0 Å². The minimum atomic E-state index is 0.606. The van der Waals surface area contributed by atoms with Crippen molar-refractivity contribution < 1.29 is 0 Å². The SMILES string of the molecule is CCCCCCC(CCC)c1nc2ccccc2[nH]1. The van der Waals surface area contributed by atoms with Gasteiger partial charge in [0.25, 0.3) is 0 Å². The van der Waals surface area contributed by atoms with Gasteiger partial charge >= 0.3 is 0 Å². The number of imidazole rings is 1. The number of hydrogen-bond acceptors (Lipinski definition) is 1. The molecule has 2 aromatic rings. The van der Waals surface area contributed by atoms with Crippen molar-refractivity contribution in [2.75, 3.05) is 0 Å². The first kappa shape index (κ1) is 14.1. The van der Waals surface area contributed by atoms with Gasteiger partial charge in [-0.25, -0.2) is 4.98 Å². The van der Waals surface area contributed by atoms with Crippen molar-refractivity contribution >= 4 is 11.0 Å². The van der Waals surface area contributed by atoms with Crippen LogP contribution in [0.25, 0.3) is 11.0 Å². The van der Waals surface area contributed by atoms with Crippen LogP contribution in [0.3, 0.4) is 0 Å². The van der Waals surface area contributed by atoms with E-state index in [4.69, 9.17) is 4.98 Å². The van der Waals surface area contributed by atoms with Crippen molar-refractivity contribution in [2.45, 2.75) is 64.7 Å². The highest BCUT2D eigenvalue weighted by molar-refractivity contribution is 5.74. The summed E-state index contributed by atoms with van der Waals surface area (Å²) in [5, 5.41) is 0. The zero-order valence-corrected chi connectivity index (χ0v) is 12.3. The molecular weight excluding hydrogens is 232 g/mol. The van der Waals surface area contributed by atoms with Crippen LogP contribution in [0.1, 0.15) is 70.5 Å². The summed E-state index contributed by atoms with van der Waals surface area (Å²) in [6.07, 6.45) is 9.10. The average molecular weight is 258 g/mol. The monoisotopic (exact) mass is 258 g/mol. The molecule has 2 heteroatoms. The molecule has 0 aliphatic carbocycles. The molecule has 0 aliphatic rings. The van der Waals surface area contributed by atoms with E-state index < -0.39 is 0 Å². The van der Waals surface area contributed by atoms with Gasteiger partial charge in [-0.2, -0.15) is 0 Å². The van der Waals surface area contributed by atoms with Crippen LogP contribution >= 0.6 is 0 Å². The minimum Gasteiger partial charge on any atom is -0.342 e. The fourth-order valence-electron chi connectivity index (χ4n) is 2.75. The van der Waals surface area contributed by atoms with Crippen LogP contribution in [0.15, 0.2) is 24.3 Å². The molecule has 1 aromatic carbocycles. The number of para-hydroxylation sites is 2. The molecule has 104 valence electrons. The Morgan fingerprint density at radius 2 is 1.84 bits per heavy atom. The van der Waals surface area contributed by atoms with E-state index in [1.54, 1.807) is 0 Å². The Kier molecular flexibility index (Phi) is 5.44. The highest BCUT2D eigenvalue weighted by Gasteiger charge is 2.14. The Morgan fingerprint density at radius 3 is 2.58 bits per heavy atom. The van der Waals surface area contributed by atoms with Gasteiger partial charge in [0.15, 0.2) is 0 Å². The lowest BCUT2D eigenvalue weighted by Crippen LogP contribution is -2.01. The normalized spacial score (nSPS) is 12.9. The Labute approximate surface area is 116 Å². The summed E-state index contributed by atoms with van der Waals surface area (Å²) in [7, 11) is 0. The van der Waals surface area contributed by atoms with Gasteiger partial charge in [0.1, 0.15) is 5.82 Å². The Bertz CT molecular complexity index is 454. The number of aromatic nitrogens is 2. The number of H-pyrrole nitrogens is 1. The predicted molar refractivity (Wildman–Crippen MR) is 82.5 cm³/mol. The highest BCUT2D eigenvalue weighted by atomic mass is 14.9. The summed E-state index contributed by atoms with van der Waals surface area (Å²) in [5.74, 6) is 1.80. The van der Waals surface area contributed by atoms with Crippen LogP contribution in [0, 0.1) is 0 Å². The van der Waals surface area contributed by atoms with Gasteiger partial charge in [-0.15, -0.1) is 0 Å². The minimum absolute atomic E-state index is 0.606. The van der Waals surface area contributed by atoms with Crippen molar-refractivity contribution in [3.63, 3.8) is 0 Å². The summed E-state index contributed by atoms with van der Waals surface area (Å²) in [5.41, 5.74) is 2.28. The molecule has 0 radical (unpaired) electrons. The number of nitrogens with zero attached hydrogens (tertiary/aromatic N) is 1. The number of nitrogens with one attached hydrogen (secondary N) is 1. The standard InChI is InChI=1S/C17H26N2/c1-3-5-6-7-11-14(10-4-2)17-18-15-12-8-9-13-16(15)19-17/h8-9,12-14H,3-7,10-11H2,1-2H3,(H,18,19). The average Bonchev–Trinajstić information content (AvgIpc) is 2.86. The van der Waals surface area contributed by atoms with Crippen molar-refractivity contribution in [1.29, 1.82) is 0 Å². The number of benzene rings is 1. The lowest BCUT2D eigenvalue weighted by atomic mass is 9.95. The van der Waals surface area contributed by atoms with Gasteiger partial charge in [0.2, 0.25) is 0 Å². The Balaban J connectivity index is 2.04. The highest BCUT2D eigenvalue weighted by Crippen LogP contribution is 2.27. The molecule has 19 heavy (non-hydrogen) atoms. The zero-order chi connectivity index (χ0) is 13.5. The second kappa shape index (κ2) is 7.32. The van der Waals surface area contributed by atoms with Gasteiger partial charge in [0, 0.05) is 5.92 Å². The van der Waals surface area contributed by atoms with Crippen molar-refractivity contribution in [2.24, 2.45) is 0 Å². The number of unbranched alkanes of at least 4 members (excludes halogenated alkanes) is 3. The first-order chi connectivity index (χ1) is 9.35. The topological polar surface area (TPSA) is 28.7 Å². The Morgan fingerprint density at radius 1 is 1.00 bits per heavy atom. The number of rotatable bonds is 8. The summed E-state index contributed by atoms with van der Waals surface area (Å²) in [6.45, 7) is 4.53. The van der Waals surface area contributed by atoms with Gasteiger partial charge in [-0.1, -0.05) is 58.1 Å². The first-order valence-electron chi connectivity index (χ1n) is 7.79. The van der Waals surface area contributed by atoms with Crippen molar-refractivity contribution in [3.05, 3.63) is 30.1 Å². The van der Waals surface area contributed by atoms with E-state index in [9.17, 15) is 0 Å². The first-order valence-corrected chi connectivity index (χ1v) is 7.79. The van der Waals surface area contributed by atoms with E-state index >= 15 is 0 Å². The summed E-state index contributed by atoms with van der Waals surface area (Å²) < 4.78 is 0. The van der Waals surface area contributed by atoms with E-state index in [-0.39, 0.29) is 0 Å². The number of hydrogen-bond donors (Lipinski definition) is 1. The molecule has 0 spiro atoms. The molecule has 1 N–H and O–H groups in total. The van der Waals surface area contributed by atoms with E-state index in [2.05, 4.69) is 43.1 Å². The van der Waals surface area contributed by atoms with Gasteiger partial charge in [-0.05, 0) is 25.0 Å². The molecule has 2 nitrogen and oxygen atoms in total. The number of fused-ring (bicyclic) bond motifs is 1. The molecule has 0 aliphatic heterocycles. The fourth-order valence-corrected chi connectivity index (χ4v) is 2.75. The molecule has 1 aromatic heterocycles. The molecule has 0 saturated carbocycles. The van der Waals surface area contributed by atoms with Crippen molar-refractivity contribution in [1.82, 2.24) is 9.97 Å². The maximum absolute atomic E-state index is 4.78. The molecule has 0 fully saturated rings. The van der Waals surface area contributed by atoms with Crippen LogP contribution in [0.5, 0.6) is 0 Å². The fraction of sp³-hybridized carbons (Fsp3) is 0.588. The molecule has 2 rings (SSSR count). The van der Waals surface area contributed by atoms with E-state index in [0.717, 1.165) is 5.52 Å². The van der Waals surface area contributed by atoms with Crippen LogP contribution in [0.4, 0.5) is 0 Å². The van der Waals surface area contributed by atoms with E-state index in [0.29, 0.717) is 5.92 Å². The smallest absolute Gasteiger partial charge is 0.110 e.